The van der Waals surface area contributed by atoms with Gasteiger partial charge in [-0.15, -0.1) is 0 Å². The number of fused-ring (bicyclic) bond motifs is 8. The van der Waals surface area contributed by atoms with E-state index in [2.05, 4.69) is 0 Å². The molecule has 0 heterocycles. The van der Waals surface area contributed by atoms with Crippen molar-refractivity contribution in [3.8, 4) is 46.0 Å². The molecule has 1 aliphatic carbocycles. The third kappa shape index (κ3) is 17.0. The van der Waals surface area contributed by atoms with Gasteiger partial charge in [0.25, 0.3) is 0 Å². The molecule has 4 atom stereocenters. The number of aromatic hydroxyl groups is 4. The Bertz CT molecular complexity index is 2570. The fraction of sp³-hybridized carbons (Fsp3) is 0.571. The van der Waals surface area contributed by atoms with Gasteiger partial charge < -0.3 is 38.5 Å². The van der Waals surface area contributed by atoms with Crippen LogP contribution in [0.15, 0.2) is 48.5 Å². The number of phosphoric ester groups is 4. The van der Waals surface area contributed by atoms with E-state index in [-0.39, 0.29) is 90.5 Å². The summed E-state index contributed by atoms with van der Waals surface area (Å²) in [5.74, 6) is -6.11. The zero-order valence-electron chi connectivity index (χ0n) is 49.7. The first-order valence-corrected chi connectivity index (χ1v) is 32.8. The van der Waals surface area contributed by atoms with E-state index >= 15 is 0 Å². The van der Waals surface area contributed by atoms with Gasteiger partial charge in [-0.1, -0.05) is 27.7 Å². The molecule has 0 fully saturated rings. The minimum absolute atomic E-state index is 0.177. The molecule has 8 bridgehead atoms. The Balaban J connectivity index is 2.04. The monoisotopic (exact) mass is 1200 g/mol. The first-order valence-electron chi connectivity index (χ1n) is 27.0. The van der Waals surface area contributed by atoms with Gasteiger partial charge >= 0.3 is 31.3 Å². The quantitative estimate of drug-likeness (QED) is 0.0475. The van der Waals surface area contributed by atoms with Crippen LogP contribution in [0.2, 0.25) is 0 Å². The van der Waals surface area contributed by atoms with E-state index < -0.39 is 104 Å². The van der Waals surface area contributed by atoms with E-state index in [0.717, 1.165) is 12.1 Å². The van der Waals surface area contributed by atoms with Crippen LogP contribution in [-0.2, 0) is 54.5 Å². The molecule has 0 aliphatic heterocycles. The van der Waals surface area contributed by atoms with Crippen molar-refractivity contribution >= 4 is 31.3 Å². The van der Waals surface area contributed by atoms with Crippen molar-refractivity contribution in [2.75, 3.05) is 0 Å². The van der Waals surface area contributed by atoms with Crippen molar-refractivity contribution in [3.05, 3.63) is 93.0 Å². The lowest BCUT2D eigenvalue weighted by Gasteiger charge is -2.30. The zero-order valence-corrected chi connectivity index (χ0v) is 53.2. The molecule has 80 heavy (non-hydrogen) atoms. The fourth-order valence-electron chi connectivity index (χ4n) is 8.96. The van der Waals surface area contributed by atoms with E-state index in [1.54, 1.807) is 163 Å². The summed E-state index contributed by atoms with van der Waals surface area (Å²) in [7, 11) is -18.2. The lowest BCUT2D eigenvalue weighted by atomic mass is 9.81. The Morgan fingerprint density at radius 1 is 0.275 bits per heavy atom. The fourth-order valence-corrected chi connectivity index (χ4v) is 15.2. The Kier molecular flexibility index (Phi) is 22.2. The Morgan fingerprint density at radius 2 is 0.425 bits per heavy atom. The van der Waals surface area contributed by atoms with E-state index in [0.29, 0.717) is 0 Å². The lowest BCUT2D eigenvalue weighted by molar-refractivity contribution is 0.0998. The van der Waals surface area contributed by atoms with E-state index in [1.165, 1.54) is 12.1 Å². The molecule has 5 rings (SSSR count). The van der Waals surface area contributed by atoms with Gasteiger partial charge in [-0.25, -0.2) is 18.3 Å². The van der Waals surface area contributed by atoms with Crippen molar-refractivity contribution in [3.63, 3.8) is 0 Å². The molecule has 4 aromatic carbocycles. The second-order valence-electron chi connectivity index (χ2n) is 22.1. The average molecular weight is 1200 g/mol. The molecule has 0 spiro atoms. The Labute approximate surface area is 472 Å². The van der Waals surface area contributed by atoms with Crippen molar-refractivity contribution in [1.82, 2.24) is 0 Å². The maximum atomic E-state index is 14.8. The summed E-state index contributed by atoms with van der Waals surface area (Å²) in [6.07, 6.45) is -5.47. The molecule has 4 N–H and O–H groups in total. The largest absolute Gasteiger partial charge is 0.530 e. The molecule has 0 aromatic heterocycles. The summed E-state index contributed by atoms with van der Waals surface area (Å²) in [5.41, 5.74) is 1.67. The molecule has 448 valence electrons. The van der Waals surface area contributed by atoms with E-state index in [4.69, 9.17) is 54.3 Å². The third-order valence-corrected chi connectivity index (χ3v) is 19.0. The highest BCUT2D eigenvalue weighted by Gasteiger charge is 2.41. The Hall–Kier alpha value is -4.12. The summed E-state index contributed by atoms with van der Waals surface area (Å²) in [6, 6.07) is 11.3. The number of phosphoric acid groups is 4. The van der Waals surface area contributed by atoms with E-state index in [9.17, 15) is 38.7 Å². The van der Waals surface area contributed by atoms with Gasteiger partial charge in [0.05, 0.1) is 48.8 Å². The number of hydrogen-bond donors (Lipinski definition) is 4. The molecule has 24 heteroatoms. The molecule has 0 saturated carbocycles. The average Bonchev–Trinajstić information content (AvgIpc) is 3.25. The van der Waals surface area contributed by atoms with Gasteiger partial charge in [-0.3, -0.25) is 36.2 Å². The predicted octanol–water partition coefficient (Wildman–Crippen LogP) is 16.8. The van der Waals surface area contributed by atoms with Crippen LogP contribution < -0.4 is 18.1 Å². The van der Waals surface area contributed by atoms with Gasteiger partial charge in [-0.2, -0.15) is 0 Å². The van der Waals surface area contributed by atoms with Crippen LogP contribution in [-0.4, -0.2) is 69.3 Å². The number of benzene rings is 4. The molecule has 0 saturated heterocycles. The van der Waals surface area contributed by atoms with Crippen LogP contribution in [0.4, 0.5) is 0 Å². The Morgan fingerprint density at radius 3 is 0.575 bits per heavy atom. The SMILES string of the molecule is CC(C)OP(=O)(Oc1cc(OP(=O)(OC(C)C)OC(C)C)c2cc1C(C)c1cc(c(O)cc1O)C(C)c1cc(c(OP(=O)(OC(C)C)OC(C)C)cc1OP(=O)(OC(C)C)OC(C)C)C(C)c1cc(c(O)cc1O)C2C)OC(C)C. The van der Waals surface area contributed by atoms with Crippen LogP contribution in [0.5, 0.6) is 46.0 Å². The highest BCUT2D eigenvalue weighted by molar-refractivity contribution is 7.49. The summed E-state index contributed by atoms with van der Waals surface area (Å²) >= 11 is 0. The molecule has 0 amide bonds. The molecule has 4 aromatic rings. The predicted molar refractivity (Wildman–Crippen MR) is 305 cm³/mol. The third-order valence-electron chi connectivity index (χ3n) is 11.9. The molecule has 1 aliphatic rings. The van der Waals surface area contributed by atoms with Crippen LogP contribution >= 0.6 is 31.3 Å². The number of phenolic OH excluding ortho intramolecular Hbond substituents is 4. The molecular weight excluding hydrogens is 1120 g/mol. The van der Waals surface area contributed by atoms with Crippen molar-refractivity contribution in [2.45, 2.75) is 211 Å². The number of phenols is 4. The highest BCUT2D eigenvalue weighted by atomic mass is 31.2. The number of hydrogen-bond acceptors (Lipinski definition) is 20. The molecule has 0 radical (unpaired) electrons. The van der Waals surface area contributed by atoms with Gasteiger partial charge in [0.1, 0.15) is 46.0 Å². The molecule has 20 nitrogen and oxygen atoms in total. The standard InChI is InChI=1S/C56H84O20P4/c1-29(2)65-77(61,66-30(3)4)73-53-27-54(74-78(62,67-31(5)6)68-32(7)8)46-23-45(53)37(17)41-21-42(50(58)25-49(41)57)39(19)47-24-48(40(20)44-22-43(38(46)18)51(59)26-52(44)60)56(76-80(64,71-35(13)14)72-36(15)16)28-55(47)75-79(63,69-33(9)10)70-34(11)12/h21-40,57-60H,1-20H3. The van der Waals surface area contributed by atoms with Crippen molar-refractivity contribution < 1.29 is 93.0 Å². The van der Waals surface area contributed by atoms with Gasteiger partial charge in [0, 0.05) is 92.4 Å². The normalized spacial score (nSPS) is 17.4. The topological polar surface area (TPSA) is 260 Å². The second kappa shape index (κ2) is 26.6. The van der Waals surface area contributed by atoms with Crippen LogP contribution in [0.1, 0.15) is 207 Å². The summed E-state index contributed by atoms with van der Waals surface area (Å²) in [4.78, 5) is 0. The summed E-state index contributed by atoms with van der Waals surface area (Å²) in [5, 5.41) is 47.9. The van der Waals surface area contributed by atoms with Gasteiger partial charge in [0.15, 0.2) is 0 Å². The number of rotatable bonds is 24. The maximum Gasteiger partial charge on any atom is 0.530 e. The molecule has 4 unspecified atom stereocenters. The maximum absolute atomic E-state index is 14.8. The lowest BCUT2D eigenvalue weighted by Crippen LogP contribution is -2.15. The van der Waals surface area contributed by atoms with Crippen LogP contribution in [0, 0.1) is 0 Å². The zero-order chi connectivity index (χ0) is 60.3. The summed E-state index contributed by atoms with van der Waals surface area (Å²) in [6.45, 7) is 33.1. The first-order chi connectivity index (χ1) is 36.9. The van der Waals surface area contributed by atoms with E-state index in [1.807, 2.05) is 0 Å². The minimum atomic E-state index is -4.56. The molecular formula is C56H84O20P4. The second-order valence-corrected chi connectivity index (χ2v) is 28.1. The van der Waals surface area contributed by atoms with Crippen LogP contribution in [0.25, 0.3) is 0 Å². The van der Waals surface area contributed by atoms with Crippen LogP contribution in [0.3, 0.4) is 0 Å². The van der Waals surface area contributed by atoms with Gasteiger partial charge in [-0.05, 0) is 135 Å². The van der Waals surface area contributed by atoms with Gasteiger partial charge in [0.2, 0.25) is 0 Å². The summed E-state index contributed by atoms with van der Waals surface area (Å²) < 4.78 is 132. The minimum Gasteiger partial charge on any atom is -0.508 e. The first kappa shape index (κ1) is 66.7. The van der Waals surface area contributed by atoms with Crippen molar-refractivity contribution in [2.24, 2.45) is 0 Å². The van der Waals surface area contributed by atoms with Crippen molar-refractivity contribution in [1.29, 1.82) is 0 Å². The highest BCUT2D eigenvalue weighted by Crippen LogP contribution is 2.61. The smallest absolute Gasteiger partial charge is 0.508 e.